The molecule has 82 valence electrons. The molecule has 1 heterocycles. The van der Waals surface area contributed by atoms with E-state index in [1.165, 1.54) is 37.1 Å². The van der Waals surface area contributed by atoms with E-state index >= 15 is 0 Å². The lowest BCUT2D eigenvalue weighted by molar-refractivity contribution is 0.176. The molecule has 1 aromatic rings. The van der Waals surface area contributed by atoms with Crippen LogP contribution in [0.3, 0.4) is 0 Å². The van der Waals surface area contributed by atoms with Crippen molar-refractivity contribution in [2.75, 3.05) is 13.1 Å². The summed E-state index contributed by atoms with van der Waals surface area (Å²) < 4.78 is 0. The first-order valence-corrected chi connectivity index (χ1v) is 6.02. The molecule has 1 saturated heterocycles. The molecular formula is C14H21N. The quantitative estimate of drug-likeness (QED) is 0.713. The number of likely N-dealkylation sites (tertiary alicyclic amines) is 1. The van der Waals surface area contributed by atoms with Gasteiger partial charge >= 0.3 is 0 Å². The van der Waals surface area contributed by atoms with Crippen molar-refractivity contribution < 1.29 is 0 Å². The first-order chi connectivity index (χ1) is 7.25. The van der Waals surface area contributed by atoms with Crippen LogP contribution in [0.25, 0.3) is 0 Å². The van der Waals surface area contributed by atoms with E-state index in [1.807, 2.05) is 0 Å². The lowest BCUT2D eigenvalue weighted by Gasteiger charge is -2.31. The summed E-state index contributed by atoms with van der Waals surface area (Å²) >= 11 is 0. The fourth-order valence-corrected chi connectivity index (χ4v) is 2.46. The molecule has 0 saturated carbocycles. The maximum Gasteiger partial charge on any atom is 0.0236 e. The van der Waals surface area contributed by atoms with E-state index in [-0.39, 0.29) is 0 Å². The molecule has 1 nitrogen and oxygen atoms in total. The highest BCUT2D eigenvalue weighted by Gasteiger charge is 2.16. The van der Waals surface area contributed by atoms with E-state index < -0.39 is 0 Å². The van der Waals surface area contributed by atoms with Crippen LogP contribution in [0.4, 0.5) is 0 Å². The number of benzene rings is 1. The van der Waals surface area contributed by atoms with Crippen LogP contribution in [-0.4, -0.2) is 18.0 Å². The number of piperidine rings is 1. The lowest BCUT2D eigenvalue weighted by Crippen LogP contribution is -2.33. The van der Waals surface area contributed by atoms with Gasteiger partial charge in [0, 0.05) is 13.1 Å². The van der Waals surface area contributed by atoms with Crippen molar-refractivity contribution in [2.45, 2.75) is 33.2 Å². The van der Waals surface area contributed by atoms with E-state index in [0.717, 1.165) is 12.5 Å². The predicted octanol–water partition coefficient (Wildman–Crippen LogP) is 3.23. The molecule has 1 aromatic carbocycles. The van der Waals surface area contributed by atoms with Gasteiger partial charge in [-0.15, -0.1) is 0 Å². The molecule has 1 heteroatoms. The number of hydrogen-bond acceptors (Lipinski definition) is 1. The van der Waals surface area contributed by atoms with Crippen LogP contribution in [0.5, 0.6) is 0 Å². The monoisotopic (exact) mass is 203 g/mol. The molecule has 0 amide bonds. The minimum Gasteiger partial charge on any atom is -0.299 e. The Morgan fingerprint density at radius 1 is 1.33 bits per heavy atom. The molecule has 0 unspecified atom stereocenters. The van der Waals surface area contributed by atoms with Gasteiger partial charge in [0.2, 0.25) is 0 Å². The Bertz CT molecular complexity index is 319. The summed E-state index contributed by atoms with van der Waals surface area (Å²) in [6, 6.07) is 8.74. The van der Waals surface area contributed by atoms with Crippen LogP contribution in [0.15, 0.2) is 24.3 Å². The zero-order chi connectivity index (χ0) is 10.7. The Hall–Kier alpha value is -0.820. The van der Waals surface area contributed by atoms with E-state index in [0.29, 0.717) is 0 Å². The summed E-state index contributed by atoms with van der Waals surface area (Å²) in [5, 5.41) is 0. The first kappa shape index (κ1) is 10.7. The average Bonchev–Trinajstić information content (AvgIpc) is 2.22. The summed E-state index contributed by atoms with van der Waals surface area (Å²) in [5.41, 5.74) is 2.92. The average molecular weight is 203 g/mol. The summed E-state index contributed by atoms with van der Waals surface area (Å²) in [7, 11) is 0. The molecule has 0 aromatic heterocycles. The van der Waals surface area contributed by atoms with Gasteiger partial charge in [0.1, 0.15) is 0 Å². The first-order valence-electron chi connectivity index (χ1n) is 6.02. The zero-order valence-corrected chi connectivity index (χ0v) is 9.87. The van der Waals surface area contributed by atoms with Crippen molar-refractivity contribution in [3.63, 3.8) is 0 Å². The van der Waals surface area contributed by atoms with Crippen molar-refractivity contribution in [1.29, 1.82) is 0 Å². The van der Waals surface area contributed by atoms with Gasteiger partial charge in [-0.25, -0.2) is 0 Å². The molecule has 1 fully saturated rings. The van der Waals surface area contributed by atoms with E-state index in [9.17, 15) is 0 Å². The summed E-state index contributed by atoms with van der Waals surface area (Å²) in [6.07, 6.45) is 2.78. The lowest BCUT2D eigenvalue weighted by atomic mass is 9.99. The van der Waals surface area contributed by atoms with Crippen molar-refractivity contribution in [1.82, 2.24) is 4.90 Å². The molecule has 1 atom stereocenters. The minimum atomic E-state index is 0.878. The van der Waals surface area contributed by atoms with Crippen LogP contribution in [0.1, 0.15) is 30.9 Å². The zero-order valence-electron chi connectivity index (χ0n) is 9.87. The van der Waals surface area contributed by atoms with Crippen LogP contribution >= 0.6 is 0 Å². The Kier molecular flexibility index (Phi) is 3.42. The van der Waals surface area contributed by atoms with Gasteiger partial charge in [0.25, 0.3) is 0 Å². The largest absolute Gasteiger partial charge is 0.299 e. The molecule has 0 aliphatic carbocycles. The highest BCUT2D eigenvalue weighted by atomic mass is 15.1. The van der Waals surface area contributed by atoms with E-state index in [2.05, 4.69) is 43.0 Å². The molecule has 1 aliphatic rings. The van der Waals surface area contributed by atoms with Crippen LogP contribution in [0, 0.1) is 12.8 Å². The van der Waals surface area contributed by atoms with Gasteiger partial charge in [-0.3, -0.25) is 4.90 Å². The Balaban J connectivity index is 1.99. The third kappa shape index (κ3) is 2.82. The smallest absolute Gasteiger partial charge is 0.0236 e. The molecule has 1 aliphatic heterocycles. The van der Waals surface area contributed by atoms with E-state index in [1.54, 1.807) is 0 Å². The topological polar surface area (TPSA) is 3.24 Å². The highest BCUT2D eigenvalue weighted by Crippen LogP contribution is 2.18. The number of aryl methyl sites for hydroxylation is 1. The van der Waals surface area contributed by atoms with Crippen molar-refractivity contribution in [3.05, 3.63) is 35.4 Å². The van der Waals surface area contributed by atoms with Crippen molar-refractivity contribution >= 4 is 0 Å². The second kappa shape index (κ2) is 4.80. The summed E-state index contributed by atoms with van der Waals surface area (Å²) in [5.74, 6) is 0.878. The van der Waals surface area contributed by atoms with Gasteiger partial charge in [-0.05, 0) is 43.4 Å². The number of nitrogens with zero attached hydrogens (tertiary/aromatic N) is 1. The SMILES string of the molecule is Cc1ccccc1CN1CCC[C@@H](C)C1. The molecule has 0 spiro atoms. The normalized spacial score (nSPS) is 22.9. The maximum absolute atomic E-state index is 2.59. The summed E-state index contributed by atoms with van der Waals surface area (Å²) in [4.78, 5) is 2.59. The summed E-state index contributed by atoms with van der Waals surface area (Å²) in [6.45, 7) is 8.26. The van der Waals surface area contributed by atoms with E-state index in [4.69, 9.17) is 0 Å². The van der Waals surface area contributed by atoms with Crippen LogP contribution in [0.2, 0.25) is 0 Å². The maximum atomic E-state index is 2.59. The number of hydrogen-bond donors (Lipinski definition) is 0. The number of rotatable bonds is 2. The Morgan fingerprint density at radius 3 is 2.87 bits per heavy atom. The highest BCUT2D eigenvalue weighted by molar-refractivity contribution is 5.25. The van der Waals surface area contributed by atoms with Crippen molar-refractivity contribution in [3.8, 4) is 0 Å². The molecule has 0 N–H and O–H groups in total. The Morgan fingerprint density at radius 2 is 2.13 bits per heavy atom. The van der Waals surface area contributed by atoms with Crippen LogP contribution in [-0.2, 0) is 6.54 Å². The standard InChI is InChI=1S/C14H21N/c1-12-6-5-9-15(10-12)11-14-8-4-3-7-13(14)2/h3-4,7-8,12H,5-6,9-11H2,1-2H3/t12-/m1/s1. The second-order valence-electron chi connectivity index (χ2n) is 4.91. The molecule has 0 radical (unpaired) electrons. The van der Waals surface area contributed by atoms with Gasteiger partial charge < -0.3 is 0 Å². The minimum absolute atomic E-state index is 0.878. The second-order valence-corrected chi connectivity index (χ2v) is 4.91. The molecule has 0 bridgehead atoms. The predicted molar refractivity (Wildman–Crippen MR) is 64.9 cm³/mol. The van der Waals surface area contributed by atoms with Gasteiger partial charge in [0.15, 0.2) is 0 Å². The Labute approximate surface area is 93.1 Å². The van der Waals surface area contributed by atoms with Crippen LogP contribution < -0.4 is 0 Å². The van der Waals surface area contributed by atoms with Gasteiger partial charge in [-0.1, -0.05) is 31.2 Å². The molecular weight excluding hydrogens is 182 g/mol. The van der Waals surface area contributed by atoms with Gasteiger partial charge in [-0.2, -0.15) is 0 Å². The van der Waals surface area contributed by atoms with Gasteiger partial charge in [0.05, 0.1) is 0 Å². The molecule has 15 heavy (non-hydrogen) atoms. The van der Waals surface area contributed by atoms with Crippen molar-refractivity contribution in [2.24, 2.45) is 5.92 Å². The third-order valence-electron chi connectivity index (χ3n) is 3.40. The fraction of sp³-hybridized carbons (Fsp3) is 0.571. The fourth-order valence-electron chi connectivity index (χ4n) is 2.46. The third-order valence-corrected chi connectivity index (χ3v) is 3.40. The molecule has 2 rings (SSSR count).